The summed E-state index contributed by atoms with van der Waals surface area (Å²) in [6.07, 6.45) is -3.84. The number of nitrogens with two attached hydrogens (primary N) is 1. The maximum atomic E-state index is 10.9. The third-order valence-corrected chi connectivity index (χ3v) is 4.98. The van der Waals surface area contributed by atoms with Gasteiger partial charge in [0.2, 0.25) is 0 Å². The van der Waals surface area contributed by atoms with Gasteiger partial charge in [-0.15, -0.1) is 0 Å². The predicted molar refractivity (Wildman–Crippen MR) is 99.1 cm³/mol. The van der Waals surface area contributed by atoms with Crippen molar-refractivity contribution in [1.29, 1.82) is 0 Å². The number of hydrogen-bond acceptors (Lipinski definition) is 9. The van der Waals surface area contributed by atoms with E-state index in [0.717, 1.165) is 5.56 Å². The van der Waals surface area contributed by atoms with Gasteiger partial charge in [0.25, 0.3) is 0 Å². The molecule has 12 nitrogen and oxygen atoms in total. The Balaban J connectivity index is 1.69. The summed E-state index contributed by atoms with van der Waals surface area (Å²) in [6, 6.07) is 9.10. The Bertz CT molecular complexity index is 1070. The predicted octanol–water partition coefficient (Wildman–Crippen LogP) is -0.196. The highest BCUT2D eigenvalue weighted by Crippen LogP contribution is 2.39. The molecule has 13 heteroatoms. The zero-order valence-corrected chi connectivity index (χ0v) is 15.7. The molecule has 0 spiro atoms. The van der Waals surface area contributed by atoms with Crippen molar-refractivity contribution in [1.82, 2.24) is 19.5 Å². The first kappa shape index (κ1) is 19.9. The number of anilines is 1. The first-order valence-electron chi connectivity index (χ1n) is 8.52. The molecule has 3 heterocycles. The number of ether oxygens (including phenoxy) is 1. The lowest BCUT2D eigenvalue weighted by atomic mass is 10.1. The van der Waals surface area contributed by atoms with E-state index in [1.54, 1.807) is 12.1 Å². The van der Waals surface area contributed by atoms with Crippen LogP contribution in [0.1, 0.15) is 6.23 Å². The fraction of sp³-hybridized carbons (Fsp3) is 0.312. The van der Waals surface area contributed by atoms with Crippen molar-refractivity contribution in [3.8, 4) is 11.4 Å². The van der Waals surface area contributed by atoms with E-state index in [2.05, 4.69) is 19.5 Å². The molecule has 0 aliphatic carbocycles. The molecule has 6 N–H and O–H groups in total. The van der Waals surface area contributed by atoms with E-state index < -0.39 is 39.0 Å². The van der Waals surface area contributed by atoms with E-state index in [0.29, 0.717) is 5.82 Å². The minimum absolute atomic E-state index is 0.127. The van der Waals surface area contributed by atoms with Crippen LogP contribution in [-0.4, -0.2) is 64.4 Å². The number of benzene rings is 1. The van der Waals surface area contributed by atoms with Crippen LogP contribution in [0.3, 0.4) is 0 Å². The number of fused-ring (bicyclic) bond motifs is 1. The summed E-state index contributed by atoms with van der Waals surface area (Å²) in [5, 5.41) is 20.6. The Hall–Kier alpha value is -2.44. The number of imidazole rings is 1. The molecule has 0 radical (unpaired) electrons. The first-order valence-corrected chi connectivity index (χ1v) is 10.0. The number of aliphatic hydroxyl groups excluding tert-OH is 2. The highest BCUT2D eigenvalue weighted by Gasteiger charge is 2.45. The van der Waals surface area contributed by atoms with Crippen molar-refractivity contribution in [2.75, 3.05) is 12.3 Å². The SMILES string of the molecule is Nc1nc(-c2ccccc2)nc2c1ncn2[C@@H]1O[C@H](COP(=O)(O)O)[C@@H](O)[C@H]1O. The van der Waals surface area contributed by atoms with Crippen LogP contribution in [0, 0.1) is 0 Å². The number of nitrogen functional groups attached to an aromatic ring is 1. The van der Waals surface area contributed by atoms with Gasteiger partial charge in [0, 0.05) is 5.56 Å². The van der Waals surface area contributed by atoms with Crippen molar-refractivity contribution in [3.63, 3.8) is 0 Å². The molecular weight excluding hydrogens is 405 g/mol. The number of rotatable bonds is 5. The number of hydrogen-bond donors (Lipinski definition) is 5. The van der Waals surface area contributed by atoms with Gasteiger partial charge in [-0.2, -0.15) is 0 Å². The number of nitrogens with zero attached hydrogens (tertiary/aromatic N) is 4. The molecule has 1 aromatic carbocycles. The van der Waals surface area contributed by atoms with Crippen LogP contribution < -0.4 is 5.73 Å². The third kappa shape index (κ3) is 3.87. The number of phosphoric acid groups is 1. The molecule has 2 aromatic heterocycles. The molecular formula is C16H18N5O7P. The van der Waals surface area contributed by atoms with Crippen LogP contribution in [0.4, 0.5) is 5.82 Å². The summed E-state index contributed by atoms with van der Waals surface area (Å²) < 4.78 is 22.2. The molecule has 1 saturated heterocycles. The van der Waals surface area contributed by atoms with Gasteiger partial charge in [0.1, 0.15) is 23.8 Å². The number of aliphatic hydroxyl groups is 2. The average molecular weight is 423 g/mol. The summed E-state index contributed by atoms with van der Waals surface area (Å²) in [6.45, 7) is -0.613. The molecule has 1 aliphatic heterocycles. The van der Waals surface area contributed by atoms with E-state index in [-0.39, 0.29) is 17.0 Å². The lowest BCUT2D eigenvalue weighted by Crippen LogP contribution is -2.33. The van der Waals surface area contributed by atoms with Crippen molar-refractivity contribution in [2.24, 2.45) is 0 Å². The Morgan fingerprint density at radius 3 is 2.59 bits per heavy atom. The van der Waals surface area contributed by atoms with Crippen LogP contribution in [0.2, 0.25) is 0 Å². The normalized spacial score (nSPS) is 25.0. The molecule has 1 fully saturated rings. The second-order valence-corrected chi connectivity index (χ2v) is 7.69. The Labute approximate surface area is 163 Å². The smallest absolute Gasteiger partial charge is 0.387 e. The number of phosphoric ester groups is 1. The second kappa shape index (κ2) is 7.43. The lowest BCUT2D eigenvalue weighted by Gasteiger charge is -2.17. The Morgan fingerprint density at radius 2 is 1.90 bits per heavy atom. The van der Waals surface area contributed by atoms with Crippen molar-refractivity contribution in [2.45, 2.75) is 24.5 Å². The van der Waals surface area contributed by atoms with Crippen LogP contribution >= 0.6 is 7.82 Å². The van der Waals surface area contributed by atoms with Crippen LogP contribution in [0.15, 0.2) is 36.7 Å². The lowest BCUT2D eigenvalue weighted by molar-refractivity contribution is -0.0503. The molecule has 0 amide bonds. The molecule has 0 unspecified atom stereocenters. The first-order chi connectivity index (χ1) is 13.7. The van der Waals surface area contributed by atoms with Crippen LogP contribution in [-0.2, 0) is 13.8 Å². The number of aromatic nitrogens is 4. The molecule has 0 saturated carbocycles. The van der Waals surface area contributed by atoms with E-state index >= 15 is 0 Å². The molecule has 3 aromatic rings. The van der Waals surface area contributed by atoms with Gasteiger partial charge in [-0.05, 0) is 0 Å². The van der Waals surface area contributed by atoms with Gasteiger partial charge in [0.15, 0.2) is 23.5 Å². The molecule has 4 rings (SSSR count). The molecule has 29 heavy (non-hydrogen) atoms. The van der Waals surface area contributed by atoms with Gasteiger partial charge >= 0.3 is 7.82 Å². The van der Waals surface area contributed by atoms with Crippen molar-refractivity contribution < 1.29 is 33.8 Å². The minimum atomic E-state index is -4.76. The highest BCUT2D eigenvalue weighted by molar-refractivity contribution is 7.46. The minimum Gasteiger partial charge on any atom is -0.387 e. The van der Waals surface area contributed by atoms with Crippen LogP contribution in [0.5, 0.6) is 0 Å². The van der Waals surface area contributed by atoms with E-state index in [9.17, 15) is 14.8 Å². The van der Waals surface area contributed by atoms with Gasteiger partial charge in [-0.1, -0.05) is 30.3 Å². The molecule has 0 bridgehead atoms. The summed E-state index contributed by atoms with van der Waals surface area (Å²) >= 11 is 0. The quantitative estimate of drug-likeness (QED) is 0.342. The monoisotopic (exact) mass is 423 g/mol. The van der Waals surface area contributed by atoms with Gasteiger partial charge in [-0.3, -0.25) is 9.09 Å². The molecule has 1 aliphatic rings. The van der Waals surface area contributed by atoms with Crippen molar-refractivity contribution >= 4 is 24.8 Å². The third-order valence-electron chi connectivity index (χ3n) is 4.50. The zero-order chi connectivity index (χ0) is 20.8. The summed E-state index contributed by atoms with van der Waals surface area (Å²) in [5.74, 6) is 0.466. The fourth-order valence-corrected chi connectivity index (χ4v) is 3.45. The average Bonchev–Trinajstić information content (AvgIpc) is 3.22. The Morgan fingerprint density at radius 1 is 1.17 bits per heavy atom. The largest absolute Gasteiger partial charge is 0.469 e. The molecule has 154 valence electrons. The van der Waals surface area contributed by atoms with E-state index in [4.69, 9.17) is 20.3 Å². The van der Waals surface area contributed by atoms with Gasteiger partial charge in [0.05, 0.1) is 12.9 Å². The summed E-state index contributed by atoms with van der Waals surface area (Å²) in [7, 11) is -4.76. The van der Waals surface area contributed by atoms with E-state index in [1.807, 2.05) is 18.2 Å². The summed E-state index contributed by atoms with van der Waals surface area (Å²) in [4.78, 5) is 30.5. The second-order valence-electron chi connectivity index (χ2n) is 6.46. The maximum Gasteiger partial charge on any atom is 0.469 e. The topological polar surface area (TPSA) is 186 Å². The van der Waals surface area contributed by atoms with Gasteiger partial charge in [-0.25, -0.2) is 19.5 Å². The fourth-order valence-electron chi connectivity index (χ4n) is 3.11. The summed E-state index contributed by atoms with van der Waals surface area (Å²) in [5.41, 5.74) is 7.27. The highest BCUT2D eigenvalue weighted by atomic mass is 31.2. The Kier molecular flexibility index (Phi) is 5.09. The zero-order valence-electron chi connectivity index (χ0n) is 14.8. The van der Waals surface area contributed by atoms with E-state index in [1.165, 1.54) is 10.9 Å². The standard InChI is InChI=1S/C16H18N5O7P/c17-13-10-15(20-14(19-13)8-4-2-1-3-5-8)21(7-18-10)16-12(23)11(22)9(28-16)6-27-29(24,25)26/h1-5,7,9,11-12,16,22-23H,6H2,(H2,17,19,20)(H2,24,25,26)/t9-,11-,12-,16-/m1/s1. The van der Waals surface area contributed by atoms with Crippen LogP contribution in [0.25, 0.3) is 22.6 Å². The molecule has 4 atom stereocenters. The van der Waals surface area contributed by atoms with Gasteiger partial charge < -0.3 is 30.5 Å². The maximum absolute atomic E-state index is 10.9. The van der Waals surface area contributed by atoms with Crippen molar-refractivity contribution in [3.05, 3.63) is 36.7 Å².